The van der Waals surface area contributed by atoms with Crippen LogP contribution in [0.25, 0.3) is 0 Å². The zero-order valence-corrected chi connectivity index (χ0v) is 10.6. The number of aliphatic carboxylic acids is 1. The molecule has 0 saturated carbocycles. The smallest absolute Gasteiger partial charge is 0.328 e. The summed E-state index contributed by atoms with van der Waals surface area (Å²) < 4.78 is 5.09. The number of nitrogens with zero attached hydrogens (tertiary/aromatic N) is 2. The third-order valence-electron chi connectivity index (χ3n) is 2.81. The van der Waals surface area contributed by atoms with Crippen molar-refractivity contribution >= 4 is 23.2 Å². The maximum Gasteiger partial charge on any atom is 0.328 e. The number of ether oxygens (including phenoxy) is 1. The molecule has 1 amide bonds. The fourth-order valence-corrected chi connectivity index (χ4v) is 2.44. The van der Waals surface area contributed by atoms with Crippen LogP contribution in [0, 0.1) is 0 Å². The molecule has 0 bridgehead atoms. The number of carbonyl (C=O) groups is 2. The Kier molecular flexibility index (Phi) is 4.27. The summed E-state index contributed by atoms with van der Waals surface area (Å²) in [6.07, 6.45) is 0.833. The third kappa shape index (κ3) is 3.05. The highest BCUT2D eigenvalue weighted by Crippen LogP contribution is 2.11. The number of carboxylic acid groups (broad SMARTS) is 1. The predicted molar refractivity (Wildman–Crippen MR) is 64.4 cm³/mol. The Morgan fingerprint density at radius 2 is 2.44 bits per heavy atom. The van der Waals surface area contributed by atoms with E-state index in [1.54, 1.807) is 5.51 Å². The van der Waals surface area contributed by atoms with Gasteiger partial charge in [0.2, 0.25) is 5.91 Å². The molecule has 1 N–H and O–H groups in total. The molecule has 1 aromatic heterocycles. The number of carboxylic acids is 1. The van der Waals surface area contributed by atoms with Gasteiger partial charge in [0.1, 0.15) is 0 Å². The second kappa shape index (κ2) is 5.92. The monoisotopic (exact) mass is 270 g/mol. The number of amides is 1. The van der Waals surface area contributed by atoms with Gasteiger partial charge in [-0.05, 0) is 6.42 Å². The SMILES string of the molecule is O=C(O)C1COCCN1C(=O)CCc1cscn1. The van der Waals surface area contributed by atoms with Crippen LogP contribution in [0.15, 0.2) is 10.9 Å². The summed E-state index contributed by atoms with van der Waals surface area (Å²) in [5, 5.41) is 10.9. The van der Waals surface area contributed by atoms with Crippen LogP contribution in [-0.4, -0.2) is 52.7 Å². The summed E-state index contributed by atoms with van der Waals surface area (Å²) in [5.74, 6) is -1.17. The first-order valence-corrected chi connectivity index (χ1v) is 6.60. The average molecular weight is 270 g/mol. The van der Waals surface area contributed by atoms with E-state index in [-0.39, 0.29) is 18.9 Å². The molecule has 1 saturated heterocycles. The van der Waals surface area contributed by atoms with Gasteiger partial charge in [-0.3, -0.25) is 4.79 Å². The third-order valence-corrected chi connectivity index (χ3v) is 3.45. The quantitative estimate of drug-likeness (QED) is 0.856. The average Bonchev–Trinajstić information content (AvgIpc) is 2.89. The molecule has 1 aliphatic rings. The van der Waals surface area contributed by atoms with Crippen molar-refractivity contribution in [3.63, 3.8) is 0 Å². The van der Waals surface area contributed by atoms with E-state index in [1.807, 2.05) is 5.38 Å². The normalized spacial score (nSPS) is 19.8. The maximum atomic E-state index is 12.0. The van der Waals surface area contributed by atoms with Crippen molar-refractivity contribution in [3.8, 4) is 0 Å². The Balaban J connectivity index is 1.92. The molecular weight excluding hydrogens is 256 g/mol. The number of morpholine rings is 1. The van der Waals surface area contributed by atoms with Gasteiger partial charge >= 0.3 is 5.97 Å². The van der Waals surface area contributed by atoms with E-state index in [0.717, 1.165) is 5.69 Å². The molecule has 0 aromatic carbocycles. The first kappa shape index (κ1) is 13.0. The van der Waals surface area contributed by atoms with Gasteiger partial charge in [-0.1, -0.05) is 0 Å². The summed E-state index contributed by atoms with van der Waals surface area (Å²) in [7, 11) is 0. The molecule has 6 nitrogen and oxygen atoms in total. The molecule has 1 atom stereocenters. The molecule has 2 heterocycles. The Morgan fingerprint density at radius 1 is 1.61 bits per heavy atom. The number of aryl methyl sites for hydroxylation is 1. The lowest BCUT2D eigenvalue weighted by atomic mass is 10.1. The van der Waals surface area contributed by atoms with Crippen LogP contribution in [0.3, 0.4) is 0 Å². The topological polar surface area (TPSA) is 79.7 Å². The first-order valence-electron chi connectivity index (χ1n) is 5.65. The summed E-state index contributed by atoms with van der Waals surface area (Å²) in [6.45, 7) is 0.802. The van der Waals surface area contributed by atoms with Crippen LogP contribution >= 0.6 is 11.3 Å². The van der Waals surface area contributed by atoms with E-state index in [4.69, 9.17) is 9.84 Å². The van der Waals surface area contributed by atoms with Crippen molar-refractivity contribution in [1.29, 1.82) is 0 Å². The molecule has 0 spiro atoms. The summed E-state index contributed by atoms with van der Waals surface area (Å²) >= 11 is 1.48. The molecule has 1 aliphatic heterocycles. The van der Waals surface area contributed by atoms with Crippen LogP contribution < -0.4 is 0 Å². The first-order chi connectivity index (χ1) is 8.68. The van der Waals surface area contributed by atoms with E-state index >= 15 is 0 Å². The highest BCUT2D eigenvalue weighted by molar-refractivity contribution is 7.07. The minimum absolute atomic E-state index is 0.0672. The number of hydrogen-bond donors (Lipinski definition) is 1. The van der Waals surface area contributed by atoms with Crippen molar-refractivity contribution < 1.29 is 19.4 Å². The number of carbonyl (C=O) groups excluding carboxylic acids is 1. The highest BCUT2D eigenvalue weighted by Gasteiger charge is 2.32. The molecule has 0 aliphatic carbocycles. The number of thiazole rings is 1. The minimum atomic E-state index is -1.02. The lowest BCUT2D eigenvalue weighted by molar-refractivity contribution is -0.158. The van der Waals surface area contributed by atoms with E-state index in [2.05, 4.69) is 4.98 Å². The molecule has 7 heteroatoms. The van der Waals surface area contributed by atoms with Gasteiger partial charge in [0.05, 0.1) is 24.4 Å². The van der Waals surface area contributed by atoms with Gasteiger partial charge in [0, 0.05) is 18.3 Å². The summed E-state index contributed by atoms with van der Waals surface area (Å²) in [6, 6.07) is -0.860. The maximum absolute atomic E-state index is 12.0. The van der Waals surface area contributed by atoms with Gasteiger partial charge < -0.3 is 14.7 Å². The molecule has 1 unspecified atom stereocenters. The molecule has 2 rings (SSSR count). The Morgan fingerprint density at radius 3 is 3.11 bits per heavy atom. The van der Waals surface area contributed by atoms with Crippen molar-refractivity contribution in [1.82, 2.24) is 9.88 Å². The molecule has 0 radical (unpaired) electrons. The minimum Gasteiger partial charge on any atom is -0.480 e. The lowest BCUT2D eigenvalue weighted by Gasteiger charge is -2.32. The van der Waals surface area contributed by atoms with Gasteiger partial charge in [0.15, 0.2) is 6.04 Å². The van der Waals surface area contributed by atoms with Crippen molar-refractivity contribution in [2.75, 3.05) is 19.8 Å². The van der Waals surface area contributed by atoms with Gasteiger partial charge in [0.25, 0.3) is 0 Å². The number of rotatable bonds is 4. The Labute approximate surface area is 108 Å². The Bertz CT molecular complexity index is 421. The molecule has 18 heavy (non-hydrogen) atoms. The van der Waals surface area contributed by atoms with Crippen molar-refractivity contribution in [3.05, 3.63) is 16.6 Å². The number of hydrogen-bond acceptors (Lipinski definition) is 5. The zero-order valence-electron chi connectivity index (χ0n) is 9.74. The highest BCUT2D eigenvalue weighted by atomic mass is 32.1. The van der Waals surface area contributed by atoms with E-state index in [1.165, 1.54) is 16.2 Å². The van der Waals surface area contributed by atoms with Crippen LogP contribution in [0.4, 0.5) is 0 Å². The predicted octanol–water partition coefficient (Wildman–Crippen LogP) is 0.388. The second-order valence-electron chi connectivity index (χ2n) is 4.00. The fraction of sp³-hybridized carbons (Fsp3) is 0.545. The molecule has 1 aromatic rings. The lowest BCUT2D eigenvalue weighted by Crippen LogP contribution is -2.52. The van der Waals surface area contributed by atoms with Crippen molar-refractivity contribution in [2.24, 2.45) is 0 Å². The molecule has 1 fully saturated rings. The second-order valence-corrected chi connectivity index (χ2v) is 4.71. The standard InChI is InChI=1S/C11H14N2O4S/c14-10(2-1-8-6-18-7-12-8)13-3-4-17-5-9(13)11(15)16/h6-7,9H,1-5H2,(H,15,16). The summed E-state index contributed by atoms with van der Waals surface area (Å²) in [4.78, 5) is 28.5. The number of aromatic nitrogens is 1. The van der Waals surface area contributed by atoms with E-state index < -0.39 is 12.0 Å². The van der Waals surface area contributed by atoms with Gasteiger partial charge in [-0.2, -0.15) is 0 Å². The molecular formula is C11H14N2O4S. The molecule has 98 valence electrons. The Hall–Kier alpha value is -1.47. The van der Waals surface area contributed by atoms with Crippen LogP contribution in [-0.2, 0) is 20.7 Å². The van der Waals surface area contributed by atoms with Crippen LogP contribution in [0.2, 0.25) is 0 Å². The van der Waals surface area contributed by atoms with E-state index in [0.29, 0.717) is 19.6 Å². The van der Waals surface area contributed by atoms with Crippen LogP contribution in [0.1, 0.15) is 12.1 Å². The van der Waals surface area contributed by atoms with Crippen LogP contribution in [0.5, 0.6) is 0 Å². The van der Waals surface area contributed by atoms with Gasteiger partial charge in [-0.15, -0.1) is 11.3 Å². The zero-order chi connectivity index (χ0) is 13.0. The van der Waals surface area contributed by atoms with Crippen molar-refractivity contribution in [2.45, 2.75) is 18.9 Å². The van der Waals surface area contributed by atoms with Gasteiger partial charge in [-0.25, -0.2) is 9.78 Å². The summed E-state index contributed by atoms with van der Waals surface area (Å²) in [5.41, 5.74) is 2.59. The largest absolute Gasteiger partial charge is 0.480 e. The van der Waals surface area contributed by atoms with E-state index in [9.17, 15) is 9.59 Å². The fourth-order valence-electron chi connectivity index (χ4n) is 1.85.